The van der Waals surface area contributed by atoms with E-state index in [2.05, 4.69) is 44.6 Å². The molecule has 0 aliphatic carbocycles. The third-order valence-corrected chi connectivity index (χ3v) is 11.9. The fourth-order valence-electron chi connectivity index (χ4n) is 4.43. The van der Waals surface area contributed by atoms with E-state index in [1.807, 2.05) is 30.3 Å². The molecule has 2 radical (unpaired) electrons. The van der Waals surface area contributed by atoms with Gasteiger partial charge in [0.1, 0.15) is 0 Å². The van der Waals surface area contributed by atoms with Gasteiger partial charge in [0, 0.05) is 0 Å². The molecule has 1 aromatic heterocycles. The van der Waals surface area contributed by atoms with Gasteiger partial charge in [0.05, 0.1) is 0 Å². The van der Waals surface area contributed by atoms with Crippen LogP contribution in [0.5, 0.6) is 11.5 Å². The van der Waals surface area contributed by atoms with E-state index in [-0.39, 0.29) is 0 Å². The van der Waals surface area contributed by atoms with Crippen LogP contribution in [-0.2, 0) is 7.05 Å². The van der Waals surface area contributed by atoms with Gasteiger partial charge in [-0.1, -0.05) is 0 Å². The molecule has 0 N–H and O–H groups in total. The number of hydrogen-bond acceptors (Lipinski definition) is 2. The first-order chi connectivity index (χ1) is 15.5. The summed E-state index contributed by atoms with van der Waals surface area (Å²) in [6, 6.07) is 14.0. The van der Waals surface area contributed by atoms with E-state index in [1.54, 1.807) is 0 Å². The van der Waals surface area contributed by atoms with Crippen LogP contribution in [0.15, 0.2) is 42.5 Å². The van der Waals surface area contributed by atoms with Crippen molar-refractivity contribution in [2.45, 2.75) is 82.0 Å². The van der Waals surface area contributed by atoms with Crippen molar-refractivity contribution in [1.29, 1.82) is 0 Å². The van der Waals surface area contributed by atoms with Gasteiger partial charge in [0.2, 0.25) is 0 Å². The monoisotopic (exact) mass is 560 g/mol. The number of rotatable bonds is 13. The Balaban J connectivity index is 1.95. The normalized spacial score (nSPS) is 11.9. The van der Waals surface area contributed by atoms with Crippen LogP contribution < -0.4 is 8.45 Å². The Morgan fingerprint density at radius 2 is 1.53 bits per heavy atom. The van der Waals surface area contributed by atoms with Crippen LogP contribution in [0.4, 0.5) is 0 Å². The topological polar surface area (TPSA) is 27.1 Å². The minimum atomic E-state index is -0.929. The van der Waals surface area contributed by atoms with E-state index in [1.165, 1.54) is 72.4 Å². The first-order valence-corrected chi connectivity index (χ1v) is 15.4. The van der Waals surface area contributed by atoms with Crippen LogP contribution >= 0.6 is 11.6 Å². The van der Waals surface area contributed by atoms with Gasteiger partial charge in [-0.2, -0.15) is 0 Å². The fourth-order valence-corrected chi connectivity index (χ4v) is 10.2. The molecule has 0 spiro atoms. The maximum absolute atomic E-state index is 6.15. The Kier molecular flexibility index (Phi) is 9.78. The van der Waals surface area contributed by atoms with Crippen molar-refractivity contribution < 1.29 is 4.74 Å². The van der Waals surface area contributed by atoms with Crippen molar-refractivity contribution in [1.82, 2.24) is 9.78 Å². The summed E-state index contributed by atoms with van der Waals surface area (Å²) in [5, 5.41) is 7.05. The predicted octanol–water partition coefficient (Wildman–Crippen LogP) is 8.08. The van der Waals surface area contributed by atoms with Crippen LogP contribution in [0.25, 0.3) is 10.9 Å². The number of halogens is 1. The number of aryl methyl sites for hydroxylation is 1. The Hall–Kier alpha value is -1.20. The van der Waals surface area contributed by atoms with Crippen LogP contribution in [0.2, 0.25) is 8.45 Å². The van der Waals surface area contributed by atoms with E-state index in [0.717, 1.165) is 11.5 Å². The molecule has 0 aliphatic heterocycles. The number of fused-ring (bicyclic) bond motifs is 1. The van der Waals surface area contributed by atoms with Crippen molar-refractivity contribution >= 4 is 47.4 Å². The average molecular weight is 560 g/mol. The molecule has 0 atom stereocenters. The third kappa shape index (κ3) is 6.66. The summed E-state index contributed by atoms with van der Waals surface area (Å²) in [5.41, 5.74) is 1.20. The molecule has 5 heteroatoms. The van der Waals surface area contributed by atoms with Gasteiger partial charge in [0.15, 0.2) is 0 Å². The average Bonchev–Trinajstić information content (AvgIpc) is 3.09. The van der Waals surface area contributed by atoms with Crippen molar-refractivity contribution in [3.63, 3.8) is 0 Å². The second-order valence-electron chi connectivity index (χ2n) is 8.93. The summed E-state index contributed by atoms with van der Waals surface area (Å²) in [5.74, 6) is 1.63. The van der Waals surface area contributed by atoms with Crippen molar-refractivity contribution in [2.75, 3.05) is 0 Å². The summed E-state index contributed by atoms with van der Waals surface area (Å²) in [6.45, 7) is 6.97. The first-order valence-electron chi connectivity index (χ1n) is 12.2. The maximum atomic E-state index is 6.15. The summed E-state index contributed by atoms with van der Waals surface area (Å²) in [6.07, 6.45) is 11.9. The molecule has 0 aliphatic rings. The first kappa shape index (κ1) is 25.4. The summed E-state index contributed by atoms with van der Waals surface area (Å²) in [4.78, 5) is 0. The van der Waals surface area contributed by atoms with E-state index in [4.69, 9.17) is 21.4 Å². The standard InChI is InChI=1S/C14H10ClN2O.C13H27.Sn/c1-17-14-6-5-13(7-10(14)9-16-17)18-12-4-2-3-11(15)8-12;1-4-7-10-13(11-8-5-2)12-9-6-3;/h2-8H,1H3;4-12H2,1-3H3;. The molecular weight excluding hydrogens is 522 g/mol. The predicted molar refractivity (Wildman–Crippen MR) is 139 cm³/mol. The van der Waals surface area contributed by atoms with E-state index < -0.39 is 21.1 Å². The van der Waals surface area contributed by atoms with E-state index >= 15 is 0 Å². The molecule has 0 bridgehead atoms. The van der Waals surface area contributed by atoms with Gasteiger partial charge < -0.3 is 0 Å². The number of unbranched alkanes of at least 4 members (excludes halogenated alkanes) is 3. The molecule has 3 rings (SSSR count). The fraction of sp³-hybridized carbons (Fsp3) is 0.519. The summed E-state index contributed by atoms with van der Waals surface area (Å²) in [7, 11) is 2.08. The van der Waals surface area contributed by atoms with Crippen molar-refractivity contribution in [3.05, 3.63) is 47.5 Å². The molecular formula is C27H37ClN2OSn. The second kappa shape index (κ2) is 12.3. The van der Waals surface area contributed by atoms with Crippen LogP contribution in [0, 0.1) is 0 Å². The molecule has 32 heavy (non-hydrogen) atoms. The van der Waals surface area contributed by atoms with Gasteiger partial charge >= 0.3 is 210 Å². The molecule has 1 heterocycles. The van der Waals surface area contributed by atoms with Gasteiger partial charge in [-0.25, -0.2) is 0 Å². The molecule has 0 saturated heterocycles. The van der Waals surface area contributed by atoms with Gasteiger partial charge in [-0.3, -0.25) is 0 Å². The SMILES string of the molecule is CCCC[C](CCCC)(CCCC)[Sn][c]1nn(C)c2ccc(Oc3cccc(Cl)c3)cc12. The second-order valence-corrected chi connectivity index (χ2v) is 14.5. The Morgan fingerprint density at radius 3 is 2.12 bits per heavy atom. The minimum absolute atomic E-state index is 0.510. The number of hydrogen-bond donors (Lipinski definition) is 0. The molecule has 3 aromatic rings. The van der Waals surface area contributed by atoms with Crippen LogP contribution in [0.3, 0.4) is 0 Å². The van der Waals surface area contributed by atoms with Crippen LogP contribution in [0.1, 0.15) is 78.6 Å². The van der Waals surface area contributed by atoms with E-state index in [9.17, 15) is 0 Å². The molecule has 0 unspecified atom stereocenters. The van der Waals surface area contributed by atoms with Gasteiger partial charge in [-0.05, 0) is 0 Å². The number of ether oxygens (including phenoxy) is 1. The Bertz CT molecular complexity index is 979. The van der Waals surface area contributed by atoms with Crippen molar-refractivity contribution in [2.24, 2.45) is 7.05 Å². The summed E-state index contributed by atoms with van der Waals surface area (Å²) >= 11 is 5.22. The van der Waals surface area contributed by atoms with E-state index in [0.29, 0.717) is 8.45 Å². The molecule has 0 amide bonds. The number of benzene rings is 2. The number of nitrogens with zero attached hydrogens (tertiary/aromatic N) is 2. The van der Waals surface area contributed by atoms with Gasteiger partial charge in [-0.15, -0.1) is 0 Å². The zero-order chi connectivity index (χ0) is 23.0. The van der Waals surface area contributed by atoms with Gasteiger partial charge in [0.25, 0.3) is 0 Å². The molecule has 2 aromatic carbocycles. The Labute approximate surface area is 209 Å². The molecule has 172 valence electrons. The molecule has 3 nitrogen and oxygen atoms in total. The molecule has 0 saturated carbocycles. The van der Waals surface area contributed by atoms with Crippen molar-refractivity contribution in [3.8, 4) is 11.5 Å². The third-order valence-electron chi connectivity index (χ3n) is 6.26. The number of aromatic nitrogens is 2. The summed E-state index contributed by atoms with van der Waals surface area (Å²) < 4.78 is 10.1. The zero-order valence-electron chi connectivity index (χ0n) is 20.1. The molecule has 0 fully saturated rings. The van der Waals surface area contributed by atoms with Crippen LogP contribution in [-0.4, -0.2) is 30.9 Å². The Morgan fingerprint density at radius 1 is 0.906 bits per heavy atom. The zero-order valence-corrected chi connectivity index (χ0v) is 23.7. The quantitative estimate of drug-likeness (QED) is 0.198.